The summed E-state index contributed by atoms with van der Waals surface area (Å²) in [5, 5.41) is 12.4. The summed E-state index contributed by atoms with van der Waals surface area (Å²) in [4.78, 5) is 13.4. The fourth-order valence-corrected chi connectivity index (χ4v) is 3.41. The molecule has 0 saturated heterocycles. The molecule has 0 spiro atoms. The van der Waals surface area contributed by atoms with Gasteiger partial charge in [0.2, 0.25) is 0 Å². The van der Waals surface area contributed by atoms with Crippen LogP contribution in [-0.2, 0) is 4.79 Å². The third kappa shape index (κ3) is 2.20. The third-order valence-electron chi connectivity index (χ3n) is 2.94. The average molecular weight is 340 g/mol. The van der Waals surface area contributed by atoms with Crippen molar-refractivity contribution in [2.75, 3.05) is 5.32 Å². The fraction of sp³-hybridized carbons (Fsp3) is 0.154. The first-order valence-electron chi connectivity index (χ1n) is 5.60. The highest BCUT2D eigenvalue weighted by Crippen LogP contribution is 2.42. The SMILES string of the molecule is Cc1occc1Sc1cc2c(cc1Br)C(O)C(=O)N2. The zero-order valence-corrected chi connectivity index (χ0v) is 12.3. The van der Waals surface area contributed by atoms with Crippen LogP contribution in [0, 0.1) is 6.92 Å². The standard InChI is InChI=1S/C13H10BrNO3S/c1-6-10(2-3-18-6)19-11-5-9-7(4-8(11)14)12(16)13(17)15-9/h2-5,12,16H,1H3,(H,15,17). The predicted octanol–water partition coefficient (Wildman–Crippen LogP) is 3.49. The van der Waals surface area contributed by atoms with Crippen LogP contribution in [0.1, 0.15) is 17.4 Å². The van der Waals surface area contributed by atoms with Crippen LogP contribution in [0.4, 0.5) is 5.69 Å². The summed E-state index contributed by atoms with van der Waals surface area (Å²) in [6.45, 7) is 1.90. The van der Waals surface area contributed by atoms with Crippen molar-refractivity contribution in [1.82, 2.24) is 0 Å². The Morgan fingerprint density at radius 1 is 1.42 bits per heavy atom. The molecule has 0 saturated carbocycles. The molecule has 3 rings (SSSR count). The Morgan fingerprint density at radius 2 is 2.21 bits per heavy atom. The van der Waals surface area contributed by atoms with Crippen LogP contribution in [0.25, 0.3) is 0 Å². The molecule has 1 aromatic heterocycles. The van der Waals surface area contributed by atoms with Gasteiger partial charge >= 0.3 is 0 Å². The number of furan rings is 1. The summed E-state index contributed by atoms with van der Waals surface area (Å²) in [5.41, 5.74) is 1.26. The molecule has 1 aromatic carbocycles. The van der Waals surface area contributed by atoms with Crippen molar-refractivity contribution in [3.63, 3.8) is 0 Å². The molecule has 1 amide bonds. The van der Waals surface area contributed by atoms with Gasteiger partial charge in [0.1, 0.15) is 5.76 Å². The highest BCUT2D eigenvalue weighted by atomic mass is 79.9. The van der Waals surface area contributed by atoms with Crippen molar-refractivity contribution >= 4 is 39.3 Å². The molecule has 1 atom stereocenters. The van der Waals surface area contributed by atoms with Gasteiger partial charge in [-0.25, -0.2) is 0 Å². The second kappa shape index (κ2) is 4.70. The van der Waals surface area contributed by atoms with Gasteiger partial charge in [-0.2, -0.15) is 0 Å². The Morgan fingerprint density at radius 3 is 2.89 bits per heavy atom. The van der Waals surface area contributed by atoms with Gasteiger partial charge in [-0.3, -0.25) is 4.79 Å². The number of aryl methyl sites for hydroxylation is 1. The van der Waals surface area contributed by atoms with Gasteiger partial charge in [0.25, 0.3) is 5.91 Å². The normalized spacial score (nSPS) is 17.4. The Hall–Kier alpha value is -1.24. The van der Waals surface area contributed by atoms with Crippen molar-refractivity contribution in [3.05, 3.63) is 40.3 Å². The number of nitrogens with one attached hydrogen (secondary N) is 1. The predicted molar refractivity (Wildman–Crippen MR) is 75.3 cm³/mol. The van der Waals surface area contributed by atoms with E-state index in [1.54, 1.807) is 24.1 Å². The van der Waals surface area contributed by atoms with Crippen LogP contribution < -0.4 is 5.32 Å². The van der Waals surface area contributed by atoms with Crippen LogP contribution in [-0.4, -0.2) is 11.0 Å². The Bertz CT molecular complexity index is 668. The first-order chi connectivity index (χ1) is 9.06. The molecule has 2 aromatic rings. The number of fused-ring (bicyclic) bond motifs is 1. The molecule has 1 aliphatic rings. The largest absolute Gasteiger partial charge is 0.468 e. The number of hydrogen-bond donors (Lipinski definition) is 2. The van der Waals surface area contributed by atoms with E-state index in [4.69, 9.17) is 4.42 Å². The van der Waals surface area contributed by atoms with Crippen LogP contribution in [0.15, 0.2) is 43.1 Å². The minimum absolute atomic E-state index is 0.386. The van der Waals surface area contributed by atoms with E-state index in [2.05, 4.69) is 21.2 Å². The zero-order chi connectivity index (χ0) is 13.6. The van der Waals surface area contributed by atoms with E-state index in [-0.39, 0.29) is 5.91 Å². The van der Waals surface area contributed by atoms with E-state index >= 15 is 0 Å². The third-order valence-corrected chi connectivity index (χ3v) is 5.06. The van der Waals surface area contributed by atoms with Crippen molar-refractivity contribution in [2.24, 2.45) is 0 Å². The average Bonchev–Trinajstić information content (AvgIpc) is 2.88. The Balaban J connectivity index is 1.99. The topological polar surface area (TPSA) is 62.5 Å². The van der Waals surface area contributed by atoms with Crippen molar-refractivity contribution in [1.29, 1.82) is 0 Å². The van der Waals surface area contributed by atoms with Gasteiger partial charge in [-0.05, 0) is 41.1 Å². The number of anilines is 1. The van der Waals surface area contributed by atoms with Crippen LogP contribution in [0.2, 0.25) is 0 Å². The molecule has 0 radical (unpaired) electrons. The van der Waals surface area contributed by atoms with Crippen LogP contribution in [0.3, 0.4) is 0 Å². The highest BCUT2D eigenvalue weighted by molar-refractivity contribution is 9.10. The summed E-state index contributed by atoms with van der Waals surface area (Å²) in [6, 6.07) is 5.52. The van der Waals surface area contributed by atoms with Gasteiger partial charge in [0.15, 0.2) is 6.10 Å². The van der Waals surface area contributed by atoms with Crippen molar-refractivity contribution < 1.29 is 14.3 Å². The minimum atomic E-state index is -1.08. The number of rotatable bonds is 2. The molecule has 19 heavy (non-hydrogen) atoms. The van der Waals surface area contributed by atoms with Crippen LogP contribution in [0.5, 0.6) is 0 Å². The monoisotopic (exact) mass is 339 g/mol. The number of halogens is 1. The summed E-state index contributed by atoms with van der Waals surface area (Å²) in [7, 11) is 0. The number of carbonyl (C=O) groups is 1. The lowest BCUT2D eigenvalue weighted by Gasteiger charge is -2.07. The van der Waals surface area contributed by atoms with E-state index in [9.17, 15) is 9.90 Å². The number of amides is 1. The Kier molecular flexibility index (Phi) is 3.16. The molecular formula is C13H10BrNO3S. The fourth-order valence-electron chi connectivity index (χ4n) is 1.92. The van der Waals surface area contributed by atoms with E-state index in [1.165, 1.54) is 0 Å². The lowest BCUT2D eigenvalue weighted by molar-refractivity contribution is -0.123. The van der Waals surface area contributed by atoms with E-state index < -0.39 is 6.10 Å². The molecule has 2 heterocycles. The number of aliphatic hydroxyl groups is 1. The molecule has 1 aliphatic heterocycles. The second-order valence-electron chi connectivity index (χ2n) is 4.20. The second-order valence-corrected chi connectivity index (χ2v) is 6.14. The number of aliphatic hydroxyl groups excluding tert-OH is 1. The maximum Gasteiger partial charge on any atom is 0.257 e. The molecule has 4 nitrogen and oxygen atoms in total. The molecule has 6 heteroatoms. The smallest absolute Gasteiger partial charge is 0.257 e. The molecule has 2 N–H and O–H groups in total. The van der Waals surface area contributed by atoms with Gasteiger partial charge in [0.05, 0.1) is 11.2 Å². The lowest BCUT2D eigenvalue weighted by Crippen LogP contribution is -2.10. The Labute approximate surface area is 122 Å². The lowest BCUT2D eigenvalue weighted by atomic mass is 10.1. The van der Waals surface area contributed by atoms with E-state index in [0.717, 1.165) is 20.0 Å². The van der Waals surface area contributed by atoms with Crippen molar-refractivity contribution in [3.8, 4) is 0 Å². The summed E-state index contributed by atoms with van der Waals surface area (Å²) >= 11 is 5.01. The quantitative estimate of drug-likeness (QED) is 0.879. The summed E-state index contributed by atoms with van der Waals surface area (Å²) < 4.78 is 6.10. The number of hydrogen-bond acceptors (Lipinski definition) is 4. The molecule has 98 valence electrons. The highest BCUT2D eigenvalue weighted by Gasteiger charge is 2.29. The van der Waals surface area contributed by atoms with Gasteiger partial charge in [-0.15, -0.1) is 0 Å². The van der Waals surface area contributed by atoms with Gasteiger partial charge in [0, 0.05) is 20.6 Å². The summed E-state index contributed by atoms with van der Waals surface area (Å²) in [5.74, 6) is 0.463. The maximum absolute atomic E-state index is 11.4. The van der Waals surface area contributed by atoms with Gasteiger partial charge < -0.3 is 14.8 Å². The minimum Gasteiger partial charge on any atom is -0.468 e. The molecule has 0 aliphatic carbocycles. The molecule has 1 unspecified atom stereocenters. The first-order valence-corrected chi connectivity index (χ1v) is 7.21. The van der Waals surface area contributed by atoms with Crippen LogP contribution >= 0.6 is 27.7 Å². The molecule has 0 fully saturated rings. The first kappa shape index (κ1) is 12.8. The number of benzene rings is 1. The van der Waals surface area contributed by atoms with Crippen molar-refractivity contribution in [2.45, 2.75) is 22.8 Å². The maximum atomic E-state index is 11.4. The molecule has 0 bridgehead atoms. The number of carbonyl (C=O) groups excluding carboxylic acids is 1. The van der Waals surface area contributed by atoms with E-state index in [1.807, 2.05) is 19.1 Å². The zero-order valence-electron chi connectivity index (χ0n) is 9.94. The van der Waals surface area contributed by atoms with E-state index in [0.29, 0.717) is 11.3 Å². The molecular weight excluding hydrogens is 330 g/mol. The van der Waals surface area contributed by atoms with Gasteiger partial charge in [-0.1, -0.05) is 11.8 Å². The summed E-state index contributed by atoms with van der Waals surface area (Å²) in [6.07, 6.45) is 0.561.